The number of nitrogens with zero attached hydrogens (tertiary/aromatic N) is 1. The van der Waals surface area contributed by atoms with Crippen molar-refractivity contribution in [2.75, 3.05) is 0 Å². The first-order valence-corrected chi connectivity index (χ1v) is 7.43. The first-order valence-electron chi connectivity index (χ1n) is 7.43. The highest BCUT2D eigenvalue weighted by molar-refractivity contribution is 6.01. The lowest BCUT2D eigenvalue weighted by atomic mass is 9.92. The Balaban J connectivity index is 2.05. The number of aromatic amines is 1. The summed E-state index contributed by atoms with van der Waals surface area (Å²) in [6.07, 6.45) is 4.34. The lowest BCUT2D eigenvalue weighted by Crippen LogP contribution is -1.90. The van der Waals surface area contributed by atoms with Crippen molar-refractivity contribution in [3.63, 3.8) is 0 Å². The molecule has 0 bridgehead atoms. The van der Waals surface area contributed by atoms with Crippen molar-refractivity contribution in [2.45, 2.75) is 0 Å². The van der Waals surface area contributed by atoms with E-state index in [9.17, 15) is 4.79 Å². The van der Waals surface area contributed by atoms with Gasteiger partial charge < -0.3 is 4.98 Å². The molecule has 4 aromatic rings. The van der Waals surface area contributed by atoms with Crippen LogP contribution in [-0.4, -0.2) is 16.3 Å². The zero-order valence-electron chi connectivity index (χ0n) is 12.4. The van der Waals surface area contributed by atoms with Gasteiger partial charge in [0.05, 0.1) is 18.2 Å². The number of nitrogens with one attached hydrogen (secondary N) is 1. The first-order chi connectivity index (χ1) is 11.4. The molecule has 0 atom stereocenters. The van der Waals surface area contributed by atoms with Crippen LogP contribution >= 0.6 is 0 Å². The summed E-state index contributed by atoms with van der Waals surface area (Å²) in [5.41, 5.74) is 4.76. The molecule has 0 radical (unpaired) electrons. The van der Waals surface area contributed by atoms with Gasteiger partial charge in [-0.3, -0.25) is 4.79 Å². The molecule has 0 aliphatic carbocycles. The summed E-state index contributed by atoms with van der Waals surface area (Å²) >= 11 is 0. The Hall–Kier alpha value is -3.20. The third kappa shape index (κ3) is 2.32. The van der Waals surface area contributed by atoms with Crippen molar-refractivity contribution in [3.8, 4) is 22.4 Å². The molecule has 0 saturated heterocycles. The molecular weight excluding hydrogens is 284 g/mol. The number of aldehydes is 1. The van der Waals surface area contributed by atoms with Crippen LogP contribution in [0.2, 0.25) is 0 Å². The van der Waals surface area contributed by atoms with E-state index in [1.165, 1.54) is 10.8 Å². The van der Waals surface area contributed by atoms with Gasteiger partial charge in [-0.25, -0.2) is 4.98 Å². The molecule has 0 saturated carbocycles. The van der Waals surface area contributed by atoms with Gasteiger partial charge in [-0.15, -0.1) is 0 Å². The Bertz CT molecular complexity index is 982. The van der Waals surface area contributed by atoms with Gasteiger partial charge >= 0.3 is 0 Å². The van der Waals surface area contributed by atoms with E-state index in [-0.39, 0.29) is 0 Å². The highest BCUT2D eigenvalue weighted by atomic mass is 16.1. The Kier molecular flexibility index (Phi) is 3.24. The minimum atomic E-state index is 0.663. The summed E-state index contributed by atoms with van der Waals surface area (Å²) < 4.78 is 0. The normalized spacial score (nSPS) is 10.8. The Morgan fingerprint density at radius 3 is 2.57 bits per heavy atom. The average Bonchev–Trinajstić information content (AvgIpc) is 3.15. The minimum absolute atomic E-state index is 0.663. The van der Waals surface area contributed by atoms with E-state index in [0.717, 1.165) is 28.7 Å². The fraction of sp³-hybridized carbons (Fsp3) is 0. The SMILES string of the molecule is O=Cc1ccc(-c2cnc[nH]2)c(-c2cccc3ccccc23)c1. The van der Waals surface area contributed by atoms with E-state index in [2.05, 4.69) is 34.2 Å². The summed E-state index contributed by atoms with van der Waals surface area (Å²) in [5, 5.41) is 2.34. The predicted octanol–water partition coefficient (Wildman–Crippen LogP) is 4.71. The molecule has 0 amide bonds. The van der Waals surface area contributed by atoms with Crippen molar-refractivity contribution in [3.05, 3.63) is 78.8 Å². The molecule has 4 rings (SSSR count). The van der Waals surface area contributed by atoms with Crippen molar-refractivity contribution in [2.24, 2.45) is 0 Å². The largest absolute Gasteiger partial charge is 0.345 e. The topological polar surface area (TPSA) is 45.8 Å². The number of rotatable bonds is 3. The van der Waals surface area contributed by atoms with Crippen LogP contribution in [0.1, 0.15) is 10.4 Å². The Morgan fingerprint density at radius 2 is 1.74 bits per heavy atom. The van der Waals surface area contributed by atoms with Crippen molar-refractivity contribution in [1.82, 2.24) is 9.97 Å². The van der Waals surface area contributed by atoms with Gasteiger partial charge in [-0.2, -0.15) is 0 Å². The van der Waals surface area contributed by atoms with Crippen LogP contribution in [0.5, 0.6) is 0 Å². The molecule has 3 heteroatoms. The van der Waals surface area contributed by atoms with Crippen LogP contribution in [0.15, 0.2) is 73.2 Å². The third-order valence-corrected chi connectivity index (χ3v) is 4.05. The number of aromatic nitrogens is 2. The lowest BCUT2D eigenvalue weighted by molar-refractivity contribution is 0.112. The van der Waals surface area contributed by atoms with Gasteiger partial charge in [0.25, 0.3) is 0 Å². The van der Waals surface area contributed by atoms with Gasteiger partial charge in [0, 0.05) is 11.1 Å². The van der Waals surface area contributed by atoms with Crippen molar-refractivity contribution >= 4 is 17.1 Å². The number of carbonyl (C=O) groups excluding carboxylic acids is 1. The van der Waals surface area contributed by atoms with Crippen LogP contribution < -0.4 is 0 Å². The number of benzene rings is 3. The molecular formula is C20H14N2O. The second-order valence-corrected chi connectivity index (χ2v) is 5.41. The monoisotopic (exact) mass is 298 g/mol. The van der Waals surface area contributed by atoms with E-state index in [1.54, 1.807) is 12.5 Å². The molecule has 110 valence electrons. The molecule has 3 nitrogen and oxygen atoms in total. The third-order valence-electron chi connectivity index (χ3n) is 4.05. The van der Waals surface area contributed by atoms with Gasteiger partial charge in [0.1, 0.15) is 6.29 Å². The van der Waals surface area contributed by atoms with Crippen LogP contribution in [0.25, 0.3) is 33.2 Å². The molecule has 0 unspecified atom stereocenters. The second kappa shape index (κ2) is 5.54. The Morgan fingerprint density at radius 1 is 0.870 bits per heavy atom. The van der Waals surface area contributed by atoms with Crippen LogP contribution in [0.3, 0.4) is 0 Å². The quantitative estimate of drug-likeness (QED) is 0.557. The highest BCUT2D eigenvalue weighted by Crippen LogP contribution is 2.35. The zero-order valence-corrected chi connectivity index (χ0v) is 12.4. The van der Waals surface area contributed by atoms with Gasteiger partial charge in [-0.05, 0) is 28.0 Å². The number of fused-ring (bicyclic) bond motifs is 1. The molecule has 0 fully saturated rings. The first kappa shape index (κ1) is 13.5. The van der Waals surface area contributed by atoms with Gasteiger partial charge in [-0.1, -0.05) is 54.6 Å². The summed E-state index contributed by atoms with van der Waals surface area (Å²) in [5.74, 6) is 0. The maximum Gasteiger partial charge on any atom is 0.150 e. The fourth-order valence-corrected chi connectivity index (χ4v) is 2.96. The fourth-order valence-electron chi connectivity index (χ4n) is 2.96. The molecule has 1 aromatic heterocycles. The van der Waals surface area contributed by atoms with Gasteiger partial charge in [0.15, 0.2) is 0 Å². The van der Waals surface area contributed by atoms with Crippen molar-refractivity contribution in [1.29, 1.82) is 0 Å². The number of carbonyl (C=O) groups is 1. The lowest BCUT2D eigenvalue weighted by Gasteiger charge is -2.12. The molecule has 0 aliphatic rings. The van der Waals surface area contributed by atoms with E-state index < -0.39 is 0 Å². The highest BCUT2D eigenvalue weighted by Gasteiger charge is 2.12. The minimum Gasteiger partial charge on any atom is -0.345 e. The smallest absolute Gasteiger partial charge is 0.150 e. The summed E-state index contributed by atoms with van der Waals surface area (Å²) in [4.78, 5) is 18.5. The van der Waals surface area contributed by atoms with E-state index in [4.69, 9.17) is 0 Å². The molecule has 0 spiro atoms. The maximum absolute atomic E-state index is 11.2. The molecule has 3 aromatic carbocycles. The summed E-state index contributed by atoms with van der Waals surface area (Å²) in [6.45, 7) is 0. The average molecular weight is 298 g/mol. The molecule has 1 N–H and O–H groups in total. The number of H-pyrrole nitrogens is 1. The van der Waals surface area contributed by atoms with Crippen LogP contribution in [0, 0.1) is 0 Å². The Labute approximate surface area is 133 Å². The maximum atomic E-state index is 11.2. The number of hydrogen-bond donors (Lipinski definition) is 1. The predicted molar refractivity (Wildman–Crippen MR) is 92.4 cm³/mol. The molecule has 0 aliphatic heterocycles. The van der Waals surface area contributed by atoms with E-state index >= 15 is 0 Å². The van der Waals surface area contributed by atoms with Crippen LogP contribution in [0.4, 0.5) is 0 Å². The van der Waals surface area contributed by atoms with Gasteiger partial charge in [0.2, 0.25) is 0 Å². The second-order valence-electron chi connectivity index (χ2n) is 5.41. The molecule has 23 heavy (non-hydrogen) atoms. The van der Waals surface area contributed by atoms with E-state index in [1.807, 2.05) is 36.4 Å². The van der Waals surface area contributed by atoms with Crippen molar-refractivity contribution < 1.29 is 4.79 Å². The zero-order chi connectivity index (χ0) is 15.6. The number of imidazole rings is 1. The standard InChI is InChI=1S/C20H14N2O/c23-12-14-8-9-18(20-11-21-13-22-20)19(10-14)17-7-3-5-15-4-1-2-6-16(15)17/h1-13H,(H,21,22). The van der Waals surface area contributed by atoms with Crippen LogP contribution in [-0.2, 0) is 0 Å². The summed E-state index contributed by atoms with van der Waals surface area (Å²) in [7, 11) is 0. The summed E-state index contributed by atoms with van der Waals surface area (Å²) in [6, 6.07) is 20.2. The number of hydrogen-bond acceptors (Lipinski definition) is 2. The van der Waals surface area contributed by atoms with E-state index in [0.29, 0.717) is 5.56 Å². The molecule has 1 heterocycles.